The fourth-order valence-corrected chi connectivity index (χ4v) is 4.38. The molecule has 9 heteroatoms. The third-order valence-electron chi connectivity index (χ3n) is 2.87. The van der Waals surface area contributed by atoms with Crippen molar-refractivity contribution in [1.29, 1.82) is 0 Å². The van der Waals surface area contributed by atoms with Gasteiger partial charge >= 0.3 is 0 Å². The maximum Gasteiger partial charge on any atom is 0.288 e. The van der Waals surface area contributed by atoms with Crippen LogP contribution in [0.4, 0.5) is 13.9 Å². The van der Waals surface area contributed by atoms with E-state index in [1.807, 2.05) is 6.07 Å². The molecular formula is C14H10F2N2O2S3. The van der Waals surface area contributed by atoms with E-state index >= 15 is 0 Å². The molecule has 0 saturated carbocycles. The topological polar surface area (TPSA) is 51.2 Å². The van der Waals surface area contributed by atoms with Crippen LogP contribution in [-0.2, 0) is 0 Å². The number of fused-ring (bicyclic) bond motifs is 1. The Morgan fingerprint density at radius 3 is 2.96 bits per heavy atom. The molecule has 0 radical (unpaired) electrons. The number of ether oxygens (including phenoxy) is 1. The Bertz CT molecular complexity index is 848. The minimum Gasteiger partial charge on any atom is -0.497 e. The SMILES string of the molecule is COc1ccc2nc(NC(=O)c3sccc3SC(F)F)sc2c1. The molecule has 0 atom stereocenters. The fraction of sp³-hybridized carbons (Fsp3) is 0.143. The highest BCUT2D eigenvalue weighted by Gasteiger charge is 2.18. The molecule has 0 aliphatic rings. The average Bonchev–Trinajstić information content (AvgIpc) is 3.11. The van der Waals surface area contributed by atoms with Crippen molar-refractivity contribution in [2.75, 3.05) is 12.4 Å². The van der Waals surface area contributed by atoms with Gasteiger partial charge in [0.1, 0.15) is 10.6 Å². The van der Waals surface area contributed by atoms with Crippen LogP contribution in [0.15, 0.2) is 34.5 Å². The van der Waals surface area contributed by atoms with Crippen LogP contribution in [0.3, 0.4) is 0 Å². The third-order valence-corrected chi connectivity index (χ3v) is 5.62. The number of nitrogens with one attached hydrogen (secondary N) is 1. The summed E-state index contributed by atoms with van der Waals surface area (Å²) in [5.41, 5.74) is 0.736. The lowest BCUT2D eigenvalue weighted by Gasteiger charge is -2.02. The lowest BCUT2D eigenvalue weighted by molar-refractivity contribution is 0.102. The number of carbonyl (C=O) groups is 1. The number of hydrogen-bond donors (Lipinski definition) is 1. The van der Waals surface area contributed by atoms with E-state index in [2.05, 4.69) is 10.3 Å². The number of benzene rings is 1. The van der Waals surface area contributed by atoms with E-state index in [9.17, 15) is 13.6 Å². The lowest BCUT2D eigenvalue weighted by Crippen LogP contribution is -2.10. The highest BCUT2D eigenvalue weighted by Crippen LogP contribution is 2.34. The molecule has 0 aliphatic carbocycles. The lowest BCUT2D eigenvalue weighted by atomic mass is 10.3. The number of carbonyl (C=O) groups excluding carboxylic acids is 1. The smallest absolute Gasteiger partial charge is 0.288 e. The zero-order valence-electron chi connectivity index (χ0n) is 11.7. The maximum absolute atomic E-state index is 12.5. The molecule has 0 bridgehead atoms. The number of hydrogen-bond acceptors (Lipinski definition) is 6. The molecule has 0 spiro atoms. The van der Waals surface area contributed by atoms with Crippen molar-refractivity contribution in [3.8, 4) is 5.75 Å². The zero-order valence-corrected chi connectivity index (χ0v) is 14.2. The third kappa shape index (κ3) is 3.62. The van der Waals surface area contributed by atoms with Gasteiger partial charge in [-0.3, -0.25) is 10.1 Å². The van der Waals surface area contributed by atoms with Crippen LogP contribution in [0, 0.1) is 0 Å². The molecule has 0 fully saturated rings. The van der Waals surface area contributed by atoms with Crippen molar-refractivity contribution >= 4 is 55.7 Å². The Labute approximate surface area is 142 Å². The predicted molar refractivity (Wildman–Crippen MR) is 90.3 cm³/mol. The van der Waals surface area contributed by atoms with Crippen molar-refractivity contribution in [2.45, 2.75) is 10.7 Å². The summed E-state index contributed by atoms with van der Waals surface area (Å²) in [6.45, 7) is 0. The summed E-state index contributed by atoms with van der Waals surface area (Å²) in [4.78, 5) is 17.1. The number of thioether (sulfide) groups is 1. The van der Waals surface area contributed by atoms with Gasteiger partial charge in [0, 0.05) is 4.90 Å². The Morgan fingerprint density at radius 2 is 2.22 bits per heavy atom. The van der Waals surface area contributed by atoms with Gasteiger partial charge in [0.25, 0.3) is 11.7 Å². The molecular weight excluding hydrogens is 362 g/mol. The van der Waals surface area contributed by atoms with Gasteiger partial charge in [0.2, 0.25) is 0 Å². The van der Waals surface area contributed by atoms with Crippen LogP contribution in [0.25, 0.3) is 10.2 Å². The van der Waals surface area contributed by atoms with Gasteiger partial charge in [-0.25, -0.2) is 4.98 Å². The van der Waals surface area contributed by atoms with E-state index in [-0.39, 0.29) is 9.77 Å². The van der Waals surface area contributed by atoms with Gasteiger partial charge in [-0.1, -0.05) is 23.1 Å². The number of methoxy groups -OCH3 is 1. The number of anilines is 1. The van der Waals surface area contributed by atoms with E-state index in [1.54, 1.807) is 24.6 Å². The molecule has 2 aromatic heterocycles. The average molecular weight is 372 g/mol. The van der Waals surface area contributed by atoms with Crippen LogP contribution in [0.2, 0.25) is 0 Å². The molecule has 0 saturated heterocycles. The molecule has 23 heavy (non-hydrogen) atoms. The Hall–Kier alpha value is -1.71. The molecule has 1 aromatic carbocycles. The van der Waals surface area contributed by atoms with E-state index in [4.69, 9.17) is 4.74 Å². The predicted octanol–water partition coefficient (Wildman–Crippen LogP) is 4.93. The second-order valence-corrected chi connectivity index (χ2v) is 7.28. The molecule has 0 aliphatic heterocycles. The van der Waals surface area contributed by atoms with Gasteiger partial charge < -0.3 is 4.74 Å². The molecule has 3 rings (SSSR count). The summed E-state index contributed by atoms with van der Waals surface area (Å²) in [7, 11) is 1.57. The highest BCUT2D eigenvalue weighted by molar-refractivity contribution is 7.99. The zero-order chi connectivity index (χ0) is 16.4. The van der Waals surface area contributed by atoms with Crippen LogP contribution in [0.5, 0.6) is 5.75 Å². The summed E-state index contributed by atoms with van der Waals surface area (Å²) in [5, 5.41) is 4.69. The minimum absolute atomic E-state index is 0.257. The summed E-state index contributed by atoms with van der Waals surface area (Å²) >= 11 is 2.78. The summed E-state index contributed by atoms with van der Waals surface area (Å²) in [6, 6.07) is 6.92. The van der Waals surface area contributed by atoms with Gasteiger partial charge in [-0.2, -0.15) is 8.78 Å². The quantitative estimate of drug-likeness (QED) is 0.645. The number of thiazole rings is 1. The molecule has 2 heterocycles. The Kier molecular flexibility index (Phi) is 4.79. The molecule has 1 N–H and O–H groups in total. The molecule has 1 amide bonds. The maximum atomic E-state index is 12.5. The van der Waals surface area contributed by atoms with Crippen LogP contribution >= 0.6 is 34.4 Å². The number of aromatic nitrogens is 1. The molecule has 3 aromatic rings. The summed E-state index contributed by atoms with van der Waals surface area (Å²) < 4.78 is 31.0. The Morgan fingerprint density at radius 1 is 1.39 bits per heavy atom. The van der Waals surface area contributed by atoms with Crippen LogP contribution < -0.4 is 10.1 Å². The number of nitrogens with zero attached hydrogens (tertiary/aromatic N) is 1. The van der Waals surface area contributed by atoms with Gasteiger partial charge in [-0.05, 0) is 29.6 Å². The van der Waals surface area contributed by atoms with E-state index in [0.29, 0.717) is 22.6 Å². The first-order chi connectivity index (χ1) is 11.1. The van der Waals surface area contributed by atoms with Crippen LogP contribution in [0.1, 0.15) is 9.67 Å². The van der Waals surface area contributed by atoms with Gasteiger partial charge in [0.15, 0.2) is 5.13 Å². The van der Waals surface area contributed by atoms with Gasteiger partial charge in [0.05, 0.1) is 17.3 Å². The minimum atomic E-state index is -2.56. The standard InChI is InChI=1S/C14H10F2N2O2S3/c1-20-7-2-3-8-10(6-7)23-14(17-8)18-12(19)11-9(4-5-21-11)22-13(15)16/h2-6,13H,1H3,(H,17,18,19). The first-order valence-corrected chi connectivity index (χ1v) is 8.92. The second kappa shape index (κ2) is 6.81. The number of thiophene rings is 1. The summed E-state index contributed by atoms with van der Waals surface area (Å²) in [6.07, 6.45) is 0. The monoisotopic (exact) mass is 372 g/mol. The van der Waals surface area contributed by atoms with E-state index in [1.165, 1.54) is 17.4 Å². The number of amides is 1. The van der Waals surface area contributed by atoms with Crippen molar-refractivity contribution in [3.05, 3.63) is 34.5 Å². The summed E-state index contributed by atoms with van der Waals surface area (Å²) in [5.74, 6) is -2.30. The Balaban J connectivity index is 1.81. The largest absolute Gasteiger partial charge is 0.497 e. The van der Waals surface area contributed by atoms with Crippen molar-refractivity contribution in [1.82, 2.24) is 4.98 Å². The number of rotatable bonds is 5. The first kappa shape index (κ1) is 16.2. The first-order valence-electron chi connectivity index (χ1n) is 6.35. The highest BCUT2D eigenvalue weighted by atomic mass is 32.2. The molecule has 0 unspecified atom stereocenters. The normalized spacial score (nSPS) is 11.1. The van der Waals surface area contributed by atoms with E-state index < -0.39 is 11.7 Å². The van der Waals surface area contributed by atoms with Crippen LogP contribution in [-0.4, -0.2) is 23.8 Å². The van der Waals surface area contributed by atoms with Crippen molar-refractivity contribution < 1.29 is 18.3 Å². The molecule has 120 valence electrons. The number of halogens is 2. The van der Waals surface area contributed by atoms with E-state index in [0.717, 1.165) is 21.6 Å². The number of alkyl halides is 2. The van der Waals surface area contributed by atoms with Crippen molar-refractivity contribution in [3.63, 3.8) is 0 Å². The van der Waals surface area contributed by atoms with Gasteiger partial charge in [-0.15, -0.1) is 11.3 Å². The molecule has 4 nitrogen and oxygen atoms in total. The van der Waals surface area contributed by atoms with Crippen molar-refractivity contribution in [2.24, 2.45) is 0 Å². The fourth-order valence-electron chi connectivity index (χ4n) is 1.89. The second-order valence-electron chi connectivity index (χ2n) is 4.30.